The van der Waals surface area contributed by atoms with E-state index in [0.29, 0.717) is 24.7 Å². The van der Waals surface area contributed by atoms with Gasteiger partial charge in [-0.1, -0.05) is 18.2 Å². The largest absolute Gasteiger partial charge is 0.350 e. The first-order valence-corrected chi connectivity index (χ1v) is 10.3. The fraction of sp³-hybridized carbons (Fsp3) is 0.500. The number of aromatic amines is 1. The molecule has 0 aliphatic carbocycles. The summed E-state index contributed by atoms with van der Waals surface area (Å²) in [5, 5.41) is 1.02. The van der Waals surface area contributed by atoms with Crippen LogP contribution in [0, 0.1) is 5.92 Å². The van der Waals surface area contributed by atoms with Gasteiger partial charge in [0.25, 0.3) is 5.91 Å². The molecular formula is C20H24BrN3O2. The van der Waals surface area contributed by atoms with Crippen LogP contribution >= 0.6 is 15.9 Å². The van der Waals surface area contributed by atoms with Gasteiger partial charge in [0.1, 0.15) is 5.69 Å². The quantitative estimate of drug-likeness (QED) is 0.807. The number of rotatable bonds is 2. The second kappa shape index (κ2) is 7.43. The Morgan fingerprint density at radius 2 is 1.65 bits per heavy atom. The first kappa shape index (κ1) is 17.6. The molecule has 1 aromatic carbocycles. The molecule has 0 saturated carbocycles. The van der Waals surface area contributed by atoms with E-state index < -0.39 is 0 Å². The summed E-state index contributed by atoms with van der Waals surface area (Å²) in [5.74, 6) is 0.379. The minimum atomic E-state index is 0.0111. The number of nitrogens with zero attached hydrogens (tertiary/aromatic N) is 2. The molecule has 0 atom stereocenters. The van der Waals surface area contributed by atoms with Crippen molar-refractivity contribution in [2.75, 3.05) is 26.2 Å². The molecule has 5 nitrogen and oxygen atoms in total. The molecule has 1 N–H and O–H groups in total. The van der Waals surface area contributed by atoms with Gasteiger partial charge < -0.3 is 14.8 Å². The second-order valence-corrected chi connectivity index (χ2v) is 8.10. The predicted octanol–water partition coefficient (Wildman–Crippen LogP) is 3.80. The van der Waals surface area contributed by atoms with Gasteiger partial charge in [0, 0.05) is 43.0 Å². The van der Waals surface area contributed by atoms with Crippen molar-refractivity contribution in [1.29, 1.82) is 0 Å². The standard InChI is InChI=1S/C20H24BrN3O2/c21-17-15-6-2-3-7-16(15)22-18(17)20(26)24-12-8-14(9-13-24)19(25)23-10-4-1-5-11-23/h2-3,6-7,14,22H,1,4-5,8-13H2. The van der Waals surface area contributed by atoms with E-state index >= 15 is 0 Å². The van der Waals surface area contributed by atoms with Gasteiger partial charge in [0.15, 0.2) is 0 Å². The highest BCUT2D eigenvalue weighted by Crippen LogP contribution is 2.30. The van der Waals surface area contributed by atoms with Crippen LogP contribution in [0.5, 0.6) is 0 Å². The summed E-state index contributed by atoms with van der Waals surface area (Å²) in [4.78, 5) is 32.7. The van der Waals surface area contributed by atoms with E-state index in [1.165, 1.54) is 6.42 Å². The molecule has 0 radical (unpaired) electrons. The van der Waals surface area contributed by atoms with Crippen molar-refractivity contribution < 1.29 is 9.59 Å². The number of aromatic nitrogens is 1. The molecule has 0 unspecified atom stereocenters. The van der Waals surface area contributed by atoms with Gasteiger partial charge in [-0.05, 0) is 54.1 Å². The Hall–Kier alpha value is -1.82. The molecular weight excluding hydrogens is 394 g/mol. The maximum atomic E-state index is 12.9. The molecule has 2 saturated heterocycles. The molecule has 2 amide bonds. The molecule has 138 valence electrons. The summed E-state index contributed by atoms with van der Waals surface area (Å²) < 4.78 is 0.824. The number of hydrogen-bond acceptors (Lipinski definition) is 2. The Labute approximate surface area is 161 Å². The third kappa shape index (κ3) is 3.27. The van der Waals surface area contributed by atoms with E-state index in [9.17, 15) is 9.59 Å². The fourth-order valence-electron chi connectivity index (χ4n) is 4.12. The Bertz CT molecular complexity index is 818. The first-order valence-electron chi connectivity index (χ1n) is 9.49. The molecule has 6 heteroatoms. The normalized spacial score (nSPS) is 19.1. The van der Waals surface area contributed by atoms with Crippen molar-refractivity contribution >= 4 is 38.6 Å². The molecule has 3 heterocycles. The van der Waals surface area contributed by atoms with Gasteiger partial charge in [0.05, 0.1) is 4.47 Å². The zero-order valence-corrected chi connectivity index (χ0v) is 16.4. The summed E-state index contributed by atoms with van der Waals surface area (Å²) in [5.41, 5.74) is 1.56. The maximum Gasteiger partial charge on any atom is 0.271 e. The van der Waals surface area contributed by atoms with E-state index in [4.69, 9.17) is 0 Å². The van der Waals surface area contributed by atoms with Crippen LogP contribution in [0.15, 0.2) is 28.7 Å². The number of likely N-dealkylation sites (tertiary alicyclic amines) is 2. The van der Waals surface area contributed by atoms with E-state index in [1.807, 2.05) is 34.1 Å². The highest BCUT2D eigenvalue weighted by Gasteiger charge is 2.32. The van der Waals surface area contributed by atoms with Gasteiger partial charge >= 0.3 is 0 Å². The topological polar surface area (TPSA) is 56.4 Å². The number of carbonyl (C=O) groups excluding carboxylic acids is 2. The average molecular weight is 418 g/mol. The van der Waals surface area contributed by atoms with Crippen LogP contribution in [0.4, 0.5) is 0 Å². The van der Waals surface area contributed by atoms with Crippen LogP contribution in [0.3, 0.4) is 0 Å². The van der Waals surface area contributed by atoms with E-state index in [2.05, 4.69) is 20.9 Å². The summed E-state index contributed by atoms with van der Waals surface area (Å²) in [7, 11) is 0. The SMILES string of the molecule is O=C(c1[nH]c2ccccc2c1Br)N1CCC(C(=O)N2CCCCC2)CC1. The van der Waals surface area contributed by atoms with Crippen LogP contribution in [0.1, 0.15) is 42.6 Å². The fourth-order valence-corrected chi connectivity index (χ4v) is 4.73. The van der Waals surface area contributed by atoms with Crippen LogP contribution in [-0.4, -0.2) is 52.8 Å². The van der Waals surface area contributed by atoms with Crippen molar-refractivity contribution in [3.8, 4) is 0 Å². The lowest BCUT2D eigenvalue weighted by Crippen LogP contribution is -2.45. The van der Waals surface area contributed by atoms with Crippen LogP contribution in [0.2, 0.25) is 0 Å². The highest BCUT2D eigenvalue weighted by molar-refractivity contribution is 9.10. The predicted molar refractivity (Wildman–Crippen MR) is 105 cm³/mol. The van der Waals surface area contributed by atoms with Gasteiger partial charge in [0.2, 0.25) is 5.91 Å². The Kier molecular flexibility index (Phi) is 5.02. The van der Waals surface area contributed by atoms with E-state index in [1.54, 1.807) is 0 Å². The van der Waals surface area contributed by atoms with Crippen molar-refractivity contribution in [3.63, 3.8) is 0 Å². The molecule has 2 aromatic rings. The molecule has 4 rings (SSSR count). The molecule has 0 spiro atoms. The lowest BCUT2D eigenvalue weighted by atomic mass is 9.94. The lowest BCUT2D eigenvalue weighted by molar-refractivity contribution is -0.137. The first-order chi connectivity index (χ1) is 12.6. The number of halogens is 1. The number of amides is 2. The Balaban J connectivity index is 1.41. The molecule has 0 bridgehead atoms. The summed E-state index contributed by atoms with van der Waals surface area (Å²) in [6, 6.07) is 7.89. The number of para-hydroxylation sites is 1. The Morgan fingerprint density at radius 3 is 2.35 bits per heavy atom. The number of carbonyl (C=O) groups is 2. The van der Waals surface area contributed by atoms with E-state index in [0.717, 1.165) is 54.1 Å². The number of benzene rings is 1. The summed E-state index contributed by atoms with van der Waals surface area (Å²) in [6.45, 7) is 3.09. The second-order valence-electron chi connectivity index (χ2n) is 7.31. The minimum absolute atomic E-state index is 0.0111. The zero-order chi connectivity index (χ0) is 18.1. The van der Waals surface area contributed by atoms with Crippen LogP contribution in [-0.2, 0) is 4.79 Å². The minimum Gasteiger partial charge on any atom is -0.350 e. The van der Waals surface area contributed by atoms with Crippen molar-refractivity contribution in [2.45, 2.75) is 32.1 Å². The summed E-state index contributed by atoms with van der Waals surface area (Å²) >= 11 is 3.57. The molecule has 1 aromatic heterocycles. The van der Waals surface area contributed by atoms with Crippen molar-refractivity contribution in [3.05, 3.63) is 34.4 Å². The van der Waals surface area contributed by atoms with Gasteiger partial charge in [-0.15, -0.1) is 0 Å². The summed E-state index contributed by atoms with van der Waals surface area (Å²) in [6.07, 6.45) is 5.00. The smallest absolute Gasteiger partial charge is 0.271 e. The maximum absolute atomic E-state index is 12.9. The third-order valence-corrected chi connectivity index (χ3v) is 6.48. The zero-order valence-electron chi connectivity index (χ0n) is 14.8. The van der Waals surface area contributed by atoms with Crippen LogP contribution < -0.4 is 0 Å². The molecule has 2 aliphatic rings. The number of H-pyrrole nitrogens is 1. The molecule has 2 fully saturated rings. The number of fused-ring (bicyclic) bond motifs is 1. The lowest BCUT2D eigenvalue weighted by Gasteiger charge is -2.35. The number of hydrogen-bond donors (Lipinski definition) is 1. The van der Waals surface area contributed by atoms with Crippen LogP contribution in [0.25, 0.3) is 10.9 Å². The number of piperidine rings is 2. The van der Waals surface area contributed by atoms with Gasteiger partial charge in [-0.3, -0.25) is 9.59 Å². The van der Waals surface area contributed by atoms with Gasteiger partial charge in [-0.25, -0.2) is 0 Å². The third-order valence-electron chi connectivity index (χ3n) is 5.66. The molecule has 2 aliphatic heterocycles. The average Bonchev–Trinajstić information content (AvgIpc) is 3.04. The Morgan fingerprint density at radius 1 is 0.962 bits per heavy atom. The molecule has 26 heavy (non-hydrogen) atoms. The monoisotopic (exact) mass is 417 g/mol. The van der Waals surface area contributed by atoms with Crippen molar-refractivity contribution in [2.24, 2.45) is 5.92 Å². The van der Waals surface area contributed by atoms with Crippen molar-refractivity contribution in [1.82, 2.24) is 14.8 Å². The number of nitrogens with one attached hydrogen (secondary N) is 1. The highest BCUT2D eigenvalue weighted by atomic mass is 79.9. The van der Waals surface area contributed by atoms with E-state index in [-0.39, 0.29) is 11.8 Å². The van der Waals surface area contributed by atoms with Gasteiger partial charge in [-0.2, -0.15) is 0 Å².